The molecule has 0 aromatic heterocycles. The normalized spacial score (nSPS) is 33.5. The van der Waals surface area contributed by atoms with Gasteiger partial charge in [0.25, 0.3) is 0 Å². The summed E-state index contributed by atoms with van der Waals surface area (Å²) in [5, 5.41) is 0. The highest BCUT2D eigenvalue weighted by Crippen LogP contribution is 2.31. The fourth-order valence-corrected chi connectivity index (χ4v) is 1.59. The molecular formula is C9H16O4. The van der Waals surface area contributed by atoms with Crippen molar-refractivity contribution in [2.45, 2.75) is 26.1 Å². The second kappa shape index (κ2) is 4.07. The lowest BCUT2D eigenvalue weighted by atomic mass is 10.1. The van der Waals surface area contributed by atoms with Crippen LogP contribution in [-0.2, 0) is 19.0 Å². The highest BCUT2D eigenvalue weighted by Gasteiger charge is 2.43. The highest BCUT2D eigenvalue weighted by atomic mass is 16.7. The van der Waals surface area contributed by atoms with E-state index in [4.69, 9.17) is 14.2 Å². The SMILES string of the molecule is CCOC1(C)CC(COC)C(=O)O1. The van der Waals surface area contributed by atoms with Gasteiger partial charge < -0.3 is 14.2 Å². The Kier molecular flexibility index (Phi) is 3.27. The van der Waals surface area contributed by atoms with E-state index in [2.05, 4.69) is 0 Å². The van der Waals surface area contributed by atoms with Crippen LogP contribution in [-0.4, -0.2) is 32.1 Å². The summed E-state index contributed by atoms with van der Waals surface area (Å²) in [4.78, 5) is 11.3. The number of carbonyl (C=O) groups is 1. The lowest BCUT2D eigenvalue weighted by Gasteiger charge is -2.21. The van der Waals surface area contributed by atoms with Crippen LogP contribution in [0.1, 0.15) is 20.3 Å². The summed E-state index contributed by atoms with van der Waals surface area (Å²) >= 11 is 0. The van der Waals surface area contributed by atoms with E-state index in [0.29, 0.717) is 19.6 Å². The first-order valence-electron chi connectivity index (χ1n) is 4.47. The summed E-state index contributed by atoms with van der Waals surface area (Å²) in [5.41, 5.74) is 0. The van der Waals surface area contributed by atoms with Gasteiger partial charge in [0.05, 0.1) is 12.5 Å². The Hall–Kier alpha value is -0.610. The summed E-state index contributed by atoms with van der Waals surface area (Å²) in [6.45, 7) is 4.61. The van der Waals surface area contributed by atoms with Gasteiger partial charge in [-0.1, -0.05) is 0 Å². The van der Waals surface area contributed by atoms with Crippen molar-refractivity contribution in [3.05, 3.63) is 0 Å². The lowest BCUT2D eigenvalue weighted by molar-refractivity contribution is -0.201. The smallest absolute Gasteiger partial charge is 0.314 e. The molecule has 0 saturated carbocycles. The van der Waals surface area contributed by atoms with Gasteiger partial charge in [-0.2, -0.15) is 0 Å². The molecule has 13 heavy (non-hydrogen) atoms. The first-order valence-corrected chi connectivity index (χ1v) is 4.47. The maximum Gasteiger partial charge on any atom is 0.314 e. The number of hydrogen-bond acceptors (Lipinski definition) is 4. The Bertz CT molecular complexity index is 192. The predicted octanol–water partition coefficient (Wildman–Crippen LogP) is 0.949. The predicted molar refractivity (Wildman–Crippen MR) is 46.1 cm³/mol. The number of ether oxygens (including phenoxy) is 3. The fraction of sp³-hybridized carbons (Fsp3) is 0.889. The molecule has 0 spiro atoms. The van der Waals surface area contributed by atoms with Crippen LogP contribution in [0.2, 0.25) is 0 Å². The van der Waals surface area contributed by atoms with Crippen LogP contribution in [0.5, 0.6) is 0 Å². The first-order chi connectivity index (χ1) is 6.11. The standard InChI is InChI=1S/C9H16O4/c1-4-12-9(2)5-7(6-11-3)8(10)13-9/h7H,4-6H2,1-3H3. The van der Waals surface area contributed by atoms with E-state index >= 15 is 0 Å². The molecule has 1 heterocycles. The van der Waals surface area contributed by atoms with E-state index in [1.165, 1.54) is 0 Å². The second-order valence-electron chi connectivity index (χ2n) is 3.34. The van der Waals surface area contributed by atoms with Crippen LogP contribution >= 0.6 is 0 Å². The third-order valence-electron chi connectivity index (χ3n) is 2.08. The first kappa shape index (κ1) is 10.5. The molecule has 1 fully saturated rings. The molecule has 0 radical (unpaired) electrons. The van der Waals surface area contributed by atoms with Gasteiger partial charge >= 0.3 is 5.97 Å². The number of carbonyl (C=O) groups excluding carboxylic acids is 1. The molecule has 2 atom stereocenters. The van der Waals surface area contributed by atoms with Crippen molar-refractivity contribution >= 4 is 5.97 Å². The number of cyclic esters (lactones) is 1. The molecule has 0 N–H and O–H groups in total. The van der Waals surface area contributed by atoms with Crippen molar-refractivity contribution in [2.75, 3.05) is 20.3 Å². The van der Waals surface area contributed by atoms with Gasteiger partial charge in [0, 0.05) is 27.1 Å². The molecule has 0 amide bonds. The minimum atomic E-state index is -0.741. The minimum Gasteiger partial charge on any atom is -0.433 e. The Morgan fingerprint density at radius 3 is 2.92 bits per heavy atom. The van der Waals surface area contributed by atoms with E-state index in [1.54, 1.807) is 14.0 Å². The monoisotopic (exact) mass is 188 g/mol. The molecule has 4 nitrogen and oxygen atoms in total. The molecular weight excluding hydrogens is 172 g/mol. The van der Waals surface area contributed by atoms with Crippen molar-refractivity contribution < 1.29 is 19.0 Å². The van der Waals surface area contributed by atoms with Crippen molar-refractivity contribution in [1.29, 1.82) is 0 Å². The quantitative estimate of drug-likeness (QED) is 0.616. The largest absolute Gasteiger partial charge is 0.433 e. The van der Waals surface area contributed by atoms with E-state index in [1.807, 2.05) is 6.92 Å². The maximum absolute atomic E-state index is 11.3. The van der Waals surface area contributed by atoms with Gasteiger partial charge in [-0.05, 0) is 6.92 Å². The Balaban J connectivity index is 2.53. The van der Waals surface area contributed by atoms with Crippen LogP contribution in [0.3, 0.4) is 0 Å². The maximum atomic E-state index is 11.3. The Morgan fingerprint density at radius 1 is 1.69 bits per heavy atom. The van der Waals surface area contributed by atoms with Crippen molar-refractivity contribution in [2.24, 2.45) is 5.92 Å². The van der Waals surface area contributed by atoms with Gasteiger partial charge in [-0.25, -0.2) is 0 Å². The molecule has 1 rings (SSSR count). The third-order valence-corrected chi connectivity index (χ3v) is 2.08. The zero-order valence-corrected chi connectivity index (χ0v) is 8.33. The molecule has 1 aliphatic rings. The molecule has 4 heteroatoms. The molecule has 2 unspecified atom stereocenters. The zero-order chi connectivity index (χ0) is 9.90. The van der Waals surface area contributed by atoms with E-state index in [0.717, 1.165) is 0 Å². The van der Waals surface area contributed by atoms with Crippen molar-refractivity contribution in [3.8, 4) is 0 Å². The molecule has 1 aliphatic heterocycles. The summed E-state index contributed by atoms with van der Waals surface area (Å²) in [5.74, 6) is -1.14. The van der Waals surface area contributed by atoms with E-state index in [-0.39, 0.29) is 11.9 Å². The number of hydrogen-bond donors (Lipinski definition) is 0. The van der Waals surface area contributed by atoms with Crippen molar-refractivity contribution in [1.82, 2.24) is 0 Å². The van der Waals surface area contributed by atoms with Crippen LogP contribution in [0.15, 0.2) is 0 Å². The molecule has 76 valence electrons. The van der Waals surface area contributed by atoms with E-state index in [9.17, 15) is 4.79 Å². The van der Waals surface area contributed by atoms with Crippen LogP contribution in [0, 0.1) is 5.92 Å². The second-order valence-corrected chi connectivity index (χ2v) is 3.34. The minimum absolute atomic E-state index is 0.179. The van der Waals surface area contributed by atoms with Crippen LogP contribution < -0.4 is 0 Å². The lowest BCUT2D eigenvalue weighted by Crippen LogP contribution is -2.27. The van der Waals surface area contributed by atoms with Gasteiger partial charge in [0.1, 0.15) is 0 Å². The summed E-state index contributed by atoms with van der Waals surface area (Å²) in [6, 6.07) is 0. The van der Waals surface area contributed by atoms with E-state index < -0.39 is 5.79 Å². The molecule has 0 aliphatic carbocycles. The third kappa shape index (κ3) is 2.42. The Morgan fingerprint density at radius 2 is 2.38 bits per heavy atom. The molecule has 0 aromatic rings. The summed E-state index contributed by atoms with van der Waals surface area (Å²) in [6.07, 6.45) is 0.577. The molecule has 0 aromatic carbocycles. The van der Waals surface area contributed by atoms with Crippen LogP contribution in [0.25, 0.3) is 0 Å². The summed E-state index contributed by atoms with van der Waals surface area (Å²) in [7, 11) is 1.57. The average molecular weight is 188 g/mol. The van der Waals surface area contributed by atoms with Gasteiger partial charge in [-0.3, -0.25) is 4.79 Å². The van der Waals surface area contributed by atoms with Crippen molar-refractivity contribution in [3.63, 3.8) is 0 Å². The summed E-state index contributed by atoms with van der Waals surface area (Å²) < 4.78 is 15.4. The number of esters is 1. The number of methoxy groups -OCH3 is 1. The average Bonchev–Trinajstić information content (AvgIpc) is 2.28. The fourth-order valence-electron chi connectivity index (χ4n) is 1.59. The Labute approximate surface area is 78.2 Å². The topological polar surface area (TPSA) is 44.8 Å². The molecule has 0 bridgehead atoms. The number of rotatable bonds is 4. The zero-order valence-electron chi connectivity index (χ0n) is 8.33. The van der Waals surface area contributed by atoms with Gasteiger partial charge in [0.2, 0.25) is 5.79 Å². The highest BCUT2D eigenvalue weighted by molar-refractivity contribution is 5.75. The van der Waals surface area contributed by atoms with Gasteiger partial charge in [-0.15, -0.1) is 0 Å². The molecule has 1 saturated heterocycles. The van der Waals surface area contributed by atoms with Crippen LogP contribution in [0.4, 0.5) is 0 Å². The van der Waals surface area contributed by atoms with Gasteiger partial charge in [0.15, 0.2) is 0 Å².